The summed E-state index contributed by atoms with van der Waals surface area (Å²) in [7, 11) is 0. The molecule has 4 heavy (non-hydrogen) atoms. The fourth-order valence-corrected chi connectivity index (χ4v) is 0. The van der Waals surface area contributed by atoms with E-state index in [0.29, 0.717) is 0 Å². The van der Waals surface area contributed by atoms with Crippen molar-refractivity contribution in [3.8, 4) is 0 Å². The number of hydrogen-bond acceptors (Lipinski definition) is 0. The third kappa shape index (κ3) is 8.87. The van der Waals surface area contributed by atoms with E-state index in [4.69, 9.17) is 0 Å². The molecule has 0 unspecified atom stereocenters. The number of rotatable bonds is 0. The van der Waals surface area contributed by atoms with Gasteiger partial charge < -0.3 is 0 Å². The zero-order chi connectivity index (χ0) is 0. The van der Waals surface area contributed by atoms with Crippen LogP contribution < -0.4 is 0 Å². The van der Waals surface area contributed by atoms with Crippen LogP contribution in [0.2, 0.25) is 0 Å². The summed E-state index contributed by atoms with van der Waals surface area (Å²) in [6.45, 7) is 0. The van der Waals surface area contributed by atoms with Crippen LogP contribution in [0.1, 0.15) is 0 Å². The van der Waals surface area contributed by atoms with Crippen LogP contribution in [-0.2, 0) is 72.3 Å². The Morgan fingerprint density at radius 2 is 1.00 bits per heavy atom. The minimum Gasteiger partial charge on any atom is 0 e. The van der Waals surface area contributed by atoms with Crippen molar-refractivity contribution in [1.82, 2.24) is 0 Å². The molecule has 0 aromatic carbocycles. The SMILES string of the molecule is [As].[Cd].[Cr].[Hg]. The van der Waals surface area contributed by atoms with E-state index in [-0.39, 0.29) is 90.3 Å². The van der Waals surface area contributed by atoms with Crippen LogP contribution in [0.4, 0.5) is 0 Å². The molecule has 0 saturated carbocycles. The summed E-state index contributed by atoms with van der Waals surface area (Å²) in [5.41, 5.74) is 0. The Hall–Kier alpha value is 2.95. The van der Waals surface area contributed by atoms with Gasteiger partial charge in [-0.15, -0.1) is 0 Å². The minimum absolute atomic E-state index is 0. The van der Waals surface area contributed by atoms with Gasteiger partial charge in [-0.2, -0.15) is 0 Å². The second kappa shape index (κ2) is 16.8. The van der Waals surface area contributed by atoms with Crippen molar-refractivity contribution < 1.29 is 72.3 Å². The van der Waals surface area contributed by atoms with Gasteiger partial charge in [0.05, 0.1) is 0 Å². The molecule has 0 N–H and O–H groups in total. The van der Waals surface area contributed by atoms with E-state index in [1.165, 1.54) is 0 Å². The molecular weight excluding hydrogens is 440 g/mol. The fraction of sp³-hybridized carbons (Fsp3) is 0. The molecule has 0 saturated heterocycles. The molecular formula is AsCdCrHg. The molecule has 0 amide bonds. The van der Waals surface area contributed by atoms with Gasteiger partial charge in [0.2, 0.25) is 0 Å². The summed E-state index contributed by atoms with van der Waals surface area (Å²) in [6.07, 6.45) is 0. The average molecular weight is 440 g/mol. The average Bonchev–Trinajstić information content (AvgIpc) is 0. The van der Waals surface area contributed by atoms with Crippen LogP contribution in [0.3, 0.4) is 0 Å². The molecule has 4 heteroatoms. The van der Waals surface area contributed by atoms with Crippen molar-refractivity contribution in [1.29, 1.82) is 0 Å². The Morgan fingerprint density at radius 3 is 1.00 bits per heavy atom. The molecule has 3 radical (unpaired) electrons. The van der Waals surface area contributed by atoms with Gasteiger partial charge in [-0.3, -0.25) is 0 Å². The first-order chi connectivity index (χ1) is 0. The molecule has 0 rings (SSSR count). The third-order valence-electron chi connectivity index (χ3n) is 0. The Balaban J connectivity index is 0. The van der Waals surface area contributed by atoms with Gasteiger partial charge in [0, 0.05) is 90.3 Å². The summed E-state index contributed by atoms with van der Waals surface area (Å²) in [5, 5.41) is 0. The summed E-state index contributed by atoms with van der Waals surface area (Å²) >= 11 is 0. The summed E-state index contributed by atoms with van der Waals surface area (Å²) in [4.78, 5) is 0. The van der Waals surface area contributed by atoms with Gasteiger partial charge in [0.1, 0.15) is 0 Å². The van der Waals surface area contributed by atoms with E-state index in [0.717, 1.165) is 0 Å². The third-order valence-corrected chi connectivity index (χ3v) is 0. The topological polar surface area (TPSA) is 0 Å². The van der Waals surface area contributed by atoms with Crippen LogP contribution in [-0.4, -0.2) is 18.0 Å². The molecule has 0 bridgehead atoms. The second-order valence-corrected chi connectivity index (χ2v) is 0. The van der Waals surface area contributed by atoms with Crippen LogP contribution in [0.15, 0.2) is 0 Å². The van der Waals surface area contributed by atoms with Crippen molar-refractivity contribution in [3.63, 3.8) is 0 Å². The van der Waals surface area contributed by atoms with E-state index in [1.54, 1.807) is 0 Å². The van der Waals surface area contributed by atoms with E-state index < -0.39 is 0 Å². The quantitative estimate of drug-likeness (QED) is 0.451. The van der Waals surface area contributed by atoms with Crippen molar-refractivity contribution in [2.24, 2.45) is 0 Å². The standard InChI is InChI=1S/As.Cd.Cr.Hg. The monoisotopic (exact) mass is 443 g/mol. The van der Waals surface area contributed by atoms with E-state index >= 15 is 0 Å². The van der Waals surface area contributed by atoms with Gasteiger partial charge in [0.15, 0.2) is 0 Å². The Labute approximate surface area is 88.6 Å². The fourth-order valence-electron chi connectivity index (χ4n) is 0. The Kier molecular flexibility index (Phi) is 118. The maximum absolute atomic E-state index is 0. The van der Waals surface area contributed by atoms with Crippen LogP contribution >= 0.6 is 0 Å². The first-order valence-corrected chi connectivity index (χ1v) is 0. The smallest absolute Gasteiger partial charge is 0 e. The summed E-state index contributed by atoms with van der Waals surface area (Å²) in [6, 6.07) is 0. The minimum atomic E-state index is 0. The largest absolute Gasteiger partial charge is 0 e. The van der Waals surface area contributed by atoms with Crippen molar-refractivity contribution in [2.75, 3.05) is 0 Å². The van der Waals surface area contributed by atoms with Crippen LogP contribution in [0.5, 0.6) is 0 Å². The van der Waals surface area contributed by atoms with E-state index in [9.17, 15) is 0 Å². The molecule has 0 fully saturated rings. The molecule has 0 aromatic heterocycles. The zero-order valence-corrected chi connectivity index (χ0v) is 15.0. The van der Waals surface area contributed by atoms with E-state index in [1.807, 2.05) is 0 Å². The van der Waals surface area contributed by atoms with Gasteiger partial charge in [-0.1, -0.05) is 0 Å². The zero-order valence-electron chi connectivity index (χ0n) is 2.27. The summed E-state index contributed by atoms with van der Waals surface area (Å²) in [5.74, 6) is 0. The Bertz CT molecular complexity index is 8.00. The van der Waals surface area contributed by atoms with Gasteiger partial charge in [-0.05, 0) is 0 Å². The van der Waals surface area contributed by atoms with Gasteiger partial charge >= 0.3 is 0 Å². The first-order valence-electron chi connectivity index (χ1n) is 0. The maximum atomic E-state index is 0. The molecule has 0 aromatic rings. The summed E-state index contributed by atoms with van der Waals surface area (Å²) < 4.78 is 0. The molecule has 0 aliphatic rings. The second-order valence-electron chi connectivity index (χ2n) is 0. The maximum Gasteiger partial charge on any atom is 0 e. The van der Waals surface area contributed by atoms with Gasteiger partial charge in [0.25, 0.3) is 0 Å². The van der Waals surface area contributed by atoms with Crippen molar-refractivity contribution in [3.05, 3.63) is 0 Å². The van der Waals surface area contributed by atoms with Crippen LogP contribution in [0, 0.1) is 0 Å². The molecule has 0 aliphatic carbocycles. The van der Waals surface area contributed by atoms with Crippen LogP contribution in [0.25, 0.3) is 0 Å². The first kappa shape index (κ1) is 28.3. The number of hydrogen-bond donors (Lipinski definition) is 0. The predicted octanol–water partition coefficient (Wildman–Crippen LogP) is -0.388. The molecule has 0 heterocycles. The van der Waals surface area contributed by atoms with E-state index in [2.05, 4.69) is 0 Å². The van der Waals surface area contributed by atoms with Crippen molar-refractivity contribution >= 4 is 18.0 Å². The molecule has 0 nitrogen and oxygen atoms in total. The molecule has 0 aliphatic heterocycles. The molecule has 0 spiro atoms. The van der Waals surface area contributed by atoms with Gasteiger partial charge in [-0.25, -0.2) is 0 Å². The Morgan fingerprint density at radius 1 is 1.00 bits per heavy atom. The van der Waals surface area contributed by atoms with Crippen molar-refractivity contribution in [2.45, 2.75) is 0 Å². The molecule has 15 valence electrons. The molecule has 0 atom stereocenters. The normalized spacial score (nSPS) is 0. The predicted molar refractivity (Wildman–Crippen MR) is 5.75 cm³/mol.